The molecule has 2 rings (SSSR count). The number of hydrogen-bond acceptors (Lipinski definition) is 4. The van der Waals surface area contributed by atoms with Crippen molar-refractivity contribution in [2.75, 3.05) is 6.61 Å². The Bertz CT molecular complexity index is 670. The largest absolute Gasteiger partial charge is 0.494 e. The highest BCUT2D eigenvalue weighted by Gasteiger charge is 2.11. The molecule has 23 heavy (non-hydrogen) atoms. The van der Waals surface area contributed by atoms with Crippen molar-refractivity contribution in [1.29, 1.82) is 0 Å². The lowest BCUT2D eigenvalue weighted by Crippen LogP contribution is -2.36. The number of nitrogens with one attached hydrogen (secondary N) is 2. The standard InChI is InChI=1S/C17H23N3O2S/c1-5-22-15-8-6-7-14(9-15)11(2)20-17(21)18-10-16-12(3)19-13(4)23-16/h6-9,11H,5,10H2,1-4H3,(H2,18,20,21)/t11-/m1/s1. The summed E-state index contributed by atoms with van der Waals surface area (Å²) in [7, 11) is 0. The molecular weight excluding hydrogens is 310 g/mol. The fraction of sp³-hybridized carbons (Fsp3) is 0.412. The second kappa shape index (κ2) is 7.97. The molecule has 0 radical (unpaired) electrons. The second-order valence-corrected chi connectivity index (χ2v) is 6.58. The number of amides is 2. The van der Waals surface area contributed by atoms with Crippen LogP contribution >= 0.6 is 11.3 Å². The third-order valence-corrected chi connectivity index (χ3v) is 4.50. The van der Waals surface area contributed by atoms with Gasteiger partial charge in [-0.05, 0) is 45.4 Å². The molecule has 0 spiro atoms. The van der Waals surface area contributed by atoms with Crippen LogP contribution in [0.3, 0.4) is 0 Å². The molecule has 0 aliphatic carbocycles. The molecule has 2 aromatic rings. The van der Waals surface area contributed by atoms with Crippen LogP contribution in [-0.4, -0.2) is 17.6 Å². The van der Waals surface area contributed by atoms with E-state index >= 15 is 0 Å². The Morgan fingerprint density at radius 1 is 1.39 bits per heavy atom. The van der Waals surface area contributed by atoms with Gasteiger partial charge in [-0.15, -0.1) is 11.3 Å². The Kier molecular flexibility index (Phi) is 5.98. The number of nitrogens with zero attached hydrogens (tertiary/aromatic N) is 1. The Morgan fingerprint density at radius 2 is 2.17 bits per heavy atom. The summed E-state index contributed by atoms with van der Waals surface area (Å²) in [4.78, 5) is 17.5. The third-order valence-electron chi connectivity index (χ3n) is 3.43. The summed E-state index contributed by atoms with van der Waals surface area (Å²) in [6.45, 7) is 8.95. The summed E-state index contributed by atoms with van der Waals surface area (Å²) in [6.07, 6.45) is 0. The molecule has 0 saturated carbocycles. The van der Waals surface area contributed by atoms with Gasteiger partial charge in [0.2, 0.25) is 0 Å². The molecule has 5 nitrogen and oxygen atoms in total. The molecule has 124 valence electrons. The highest BCUT2D eigenvalue weighted by atomic mass is 32.1. The summed E-state index contributed by atoms with van der Waals surface area (Å²) in [5.74, 6) is 0.815. The Morgan fingerprint density at radius 3 is 2.83 bits per heavy atom. The maximum Gasteiger partial charge on any atom is 0.315 e. The van der Waals surface area contributed by atoms with Crippen LogP contribution in [0.25, 0.3) is 0 Å². The summed E-state index contributed by atoms with van der Waals surface area (Å²) in [6, 6.07) is 7.48. The van der Waals surface area contributed by atoms with Gasteiger partial charge in [-0.2, -0.15) is 0 Å². The van der Waals surface area contributed by atoms with Crippen LogP contribution in [0, 0.1) is 13.8 Å². The number of benzene rings is 1. The molecule has 0 aliphatic rings. The topological polar surface area (TPSA) is 63.2 Å². The van der Waals surface area contributed by atoms with E-state index < -0.39 is 0 Å². The molecule has 1 aromatic heterocycles. The van der Waals surface area contributed by atoms with E-state index in [0.29, 0.717) is 13.2 Å². The van der Waals surface area contributed by atoms with E-state index in [2.05, 4.69) is 15.6 Å². The zero-order valence-corrected chi connectivity index (χ0v) is 14.8. The maximum absolute atomic E-state index is 12.1. The Balaban J connectivity index is 1.89. The van der Waals surface area contributed by atoms with Crippen molar-refractivity contribution >= 4 is 17.4 Å². The number of rotatable bonds is 6. The number of urea groups is 1. The van der Waals surface area contributed by atoms with Gasteiger partial charge in [0.05, 0.1) is 29.9 Å². The van der Waals surface area contributed by atoms with E-state index in [1.165, 1.54) is 0 Å². The zero-order valence-electron chi connectivity index (χ0n) is 14.0. The van der Waals surface area contributed by atoms with Gasteiger partial charge < -0.3 is 15.4 Å². The lowest BCUT2D eigenvalue weighted by atomic mass is 10.1. The minimum atomic E-state index is -0.190. The van der Waals surface area contributed by atoms with Crippen molar-refractivity contribution < 1.29 is 9.53 Å². The highest BCUT2D eigenvalue weighted by Crippen LogP contribution is 2.19. The molecule has 2 N–H and O–H groups in total. The lowest BCUT2D eigenvalue weighted by molar-refractivity contribution is 0.237. The van der Waals surface area contributed by atoms with Crippen LogP contribution in [-0.2, 0) is 6.54 Å². The van der Waals surface area contributed by atoms with Crippen LogP contribution < -0.4 is 15.4 Å². The Labute approximate surface area is 141 Å². The van der Waals surface area contributed by atoms with Crippen molar-refractivity contribution in [1.82, 2.24) is 15.6 Å². The highest BCUT2D eigenvalue weighted by molar-refractivity contribution is 7.11. The lowest BCUT2D eigenvalue weighted by Gasteiger charge is -2.16. The van der Waals surface area contributed by atoms with Gasteiger partial charge in [-0.1, -0.05) is 12.1 Å². The molecule has 0 aliphatic heterocycles. The van der Waals surface area contributed by atoms with Gasteiger partial charge in [-0.3, -0.25) is 0 Å². The zero-order chi connectivity index (χ0) is 16.8. The maximum atomic E-state index is 12.1. The minimum absolute atomic E-state index is 0.0975. The van der Waals surface area contributed by atoms with Gasteiger partial charge in [0.1, 0.15) is 5.75 Å². The molecule has 0 bridgehead atoms. The average Bonchev–Trinajstić information content (AvgIpc) is 2.83. The summed E-state index contributed by atoms with van der Waals surface area (Å²) in [5.41, 5.74) is 1.99. The molecule has 1 atom stereocenters. The predicted molar refractivity (Wildman–Crippen MR) is 93.0 cm³/mol. The summed E-state index contributed by atoms with van der Waals surface area (Å²) < 4.78 is 5.49. The van der Waals surface area contributed by atoms with Gasteiger partial charge in [0.25, 0.3) is 0 Å². The molecule has 0 saturated heterocycles. The minimum Gasteiger partial charge on any atom is -0.494 e. The Hall–Kier alpha value is -2.08. The van der Waals surface area contributed by atoms with E-state index in [1.807, 2.05) is 52.0 Å². The first-order valence-electron chi connectivity index (χ1n) is 7.69. The number of thiazole rings is 1. The van der Waals surface area contributed by atoms with Gasteiger partial charge >= 0.3 is 6.03 Å². The molecule has 6 heteroatoms. The fourth-order valence-electron chi connectivity index (χ4n) is 2.27. The normalized spacial score (nSPS) is 11.8. The number of carbonyl (C=O) groups is 1. The summed E-state index contributed by atoms with van der Waals surface area (Å²) in [5, 5.41) is 6.84. The van der Waals surface area contributed by atoms with Crippen LogP contribution in [0.5, 0.6) is 5.75 Å². The van der Waals surface area contributed by atoms with E-state index in [0.717, 1.165) is 26.9 Å². The van der Waals surface area contributed by atoms with Crippen LogP contribution in [0.1, 0.15) is 41.0 Å². The smallest absolute Gasteiger partial charge is 0.315 e. The van der Waals surface area contributed by atoms with E-state index in [9.17, 15) is 4.79 Å². The monoisotopic (exact) mass is 333 g/mol. The van der Waals surface area contributed by atoms with E-state index in [4.69, 9.17) is 4.74 Å². The second-order valence-electron chi connectivity index (χ2n) is 5.30. The number of ether oxygens (including phenoxy) is 1. The number of carbonyl (C=O) groups excluding carboxylic acids is 1. The van der Waals surface area contributed by atoms with Crippen molar-refractivity contribution in [3.8, 4) is 5.75 Å². The van der Waals surface area contributed by atoms with Gasteiger partial charge in [0.15, 0.2) is 0 Å². The SMILES string of the molecule is CCOc1cccc([C@@H](C)NC(=O)NCc2sc(C)nc2C)c1. The first-order valence-corrected chi connectivity index (χ1v) is 8.51. The molecule has 1 aromatic carbocycles. The molecular formula is C17H23N3O2S. The quantitative estimate of drug-likeness (QED) is 0.847. The molecule has 0 unspecified atom stereocenters. The fourth-order valence-corrected chi connectivity index (χ4v) is 3.15. The van der Waals surface area contributed by atoms with Crippen LogP contribution in [0.4, 0.5) is 4.79 Å². The first kappa shape index (κ1) is 17.3. The van der Waals surface area contributed by atoms with Crippen molar-refractivity contribution in [2.24, 2.45) is 0 Å². The third kappa shape index (κ3) is 4.96. The molecule has 1 heterocycles. The summed E-state index contributed by atoms with van der Waals surface area (Å²) >= 11 is 1.61. The van der Waals surface area contributed by atoms with Crippen molar-refractivity contribution in [3.05, 3.63) is 45.4 Å². The number of aromatic nitrogens is 1. The molecule has 2 amide bonds. The van der Waals surface area contributed by atoms with E-state index in [-0.39, 0.29) is 12.1 Å². The average molecular weight is 333 g/mol. The number of aryl methyl sites for hydroxylation is 2. The first-order chi connectivity index (χ1) is 11.0. The van der Waals surface area contributed by atoms with Gasteiger partial charge in [-0.25, -0.2) is 9.78 Å². The van der Waals surface area contributed by atoms with Crippen LogP contribution in [0.15, 0.2) is 24.3 Å². The molecule has 0 fully saturated rings. The number of hydrogen-bond donors (Lipinski definition) is 2. The van der Waals surface area contributed by atoms with E-state index in [1.54, 1.807) is 11.3 Å². The van der Waals surface area contributed by atoms with Gasteiger partial charge in [0, 0.05) is 4.88 Å². The van der Waals surface area contributed by atoms with Crippen molar-refractivity contribution in [3.63, 3.8) is 0 Å². The predicted octanol–water partition coefficient (Wildman–Crippen LogP) is 3.72. The van der Waals surface area contributed by atoms with Crippen LogP contribution in [0.2, 0.25) is 0 Å². The van der Waals surface area contributed by atoms with Crippen molar-refractivity contribution in [2.45, 2.75) is 40.3 Å².